The fourth-order valence-electron chi connectivity index (χ4n) is 20.5. The summed E-state index contributed by atoms with van der Waals surface area (Å²) in [5.41, 5.74) is 8.12. The van der Waals surface area contributed by atoms with Crippen LogP contribution in [-0.2, 0) is 44.9 Å². The minimum absolute atomic E-state index is 0.0335. The predicted octanol–water partition coefficient (Wildman–Crippen LogP) is 36.9. The van der Waals surface area contributed by atoms with E-state index in [1.165, 1.54) is 180 Å². The number of hydrogen-bond donors (Lipinski definition) is 0. The lowest BCUT2D eigenvalue weighted by atomic mass is 9.95. The van der Waals surface area contributed by atoms with Crippen LogP contribution in [0.2, 0.25) is 0 Å². The van der Waals surface area contributed by atoms with Gasteiger partial charge in [-0.2, -0.15) is 0 Å². The molecular formula is C114H146N4O4S10. The van der Waals surface area contributed by atoms with Gasteiger partial charge in [-0.05, 0) is 209 Å². The Labute approximate surface area is 831 Å². The lowest BCUT2D eigenvalue weighted by Gasteiger charge is -2.29. The molecule has 0 bridgehead atoms. The van der Waals surface area contributed by atoms with Crippen LogP contribution >= 0.6 is 113 Å². The third-order valence-electron chi connectivity index (χ3n) is 28.8. The molecule has 18 heteroatoms. The predicted molar refractivity (Wildman–Crippen MR) is 583 cm³/mol. The van der Waals surface area contributed by atoms with Crippen LogP contribution in [-0.4, -0.2) is 69.4 Å². The van der Waals surface area contributed by atoms with E-state index in [9.17, 15) is 0 Å². The Morgan fingerprint density at radius 3 is 0.742 bits per heavy atom. The summed E-state index contributed by atoms with van der Waals surface area (Å²) in [5.74, 6) is 2.19. The average molecular weight is 1960 g/mol. The molecule has 1 aromatic carbocycles. The van der Waals surface area contributed by atoms with E-state index in [-0.39, 0.29) is 47.3 Å². The molecule has 6 atom stereocenters. The first-order valence-electron chi connectivity index (χ1n) is 51.6. The van der Waals surface area contributed by atoms with Crippen molar-refractivity contribution in [3.63, 3.8) is 0 Å². The molecule has 0 radical (unpaired) electrons. The van der Waals surface area contributed by atoms with Crippen LogP contribution in [0.1, 0.15) is 341 Å². The number of nitrogens with zero attached hydrogens (tertiary/aromatic N) is 4. The molecule has 0 spiro atoms. The second kappa shape index (κ2) is 47.8. The minimum atomic E-state index is -0.0335. The van der Waals surface area contributed by atoms with Crippen LogP contribution in [0.5, 0.6) is 0 Å². The molecule has 15 rings (SSSR count). The molecule has 0 saturated heterocycles. The number of aryl methyl sites for hydroxylation is 2. The fourth-order valence-corrected chi connectivity index (χ4v) is 32.2. The summed E-state index contributed by atoms with van der Waals surface area (Å²) in [4.78, 5) is 95.4. The lowest BCUT2D eigenvalue weighted by Crippen LogP contribution is -2.34. The third kappa shape index (κ3) is 22.1. The summed E-state index contributed by atoms with van der Waals surface area (Å²) in [5, 5.41) is 2.51. The number of benzene rings is 1. The lowest BCUT2D eigenvalue weighted by molar-refractivity contribution is -0.124. The highest BCUT2D eigenvalue weighted by Crippen LogP contribution is 2.59. The molecule has 706 valence electrons. The van der Waals surface area contributed by atoms with Crippen molar-refractivity contribution in [2.45, 2.75) is 328 Å². The van der Waals surface area contributed by atoms with E-state index in [1.54, 1.807) is 45.3 Å². The first-order valence-corrected chi connectivity index (χ1v) is 59.7. The molecular weight excluding hydrogens is 1810 g/mol. The number of unbranched alkanes of at least 4 members (excludes halogenated alkanes) is 12. The van der Waals surface area contributed by atoms with Gasteiger partial charge in [-0.15, -0.1) is 113 Å². The quantitative estimate of drug-likeness (QED) is 0.0356. The van der Waals surface area contributed by atoms with E-state index >= 15 is 19.2 Å². The van der Waals surface area contributed by atoms with E-state index in [1.807, 2.05) is 68.0 Å². The molecule has 4 aliphatic rings. The molecule has 4 aliphatic heterocycles. The normalized spacial score (nSPS) is 15.8. The minimum Gasteiger partial charge on any atom is -0.306 e. The number of carbonyl (C=O) groups excluding carboxylic acids is 4. The van der Waals surface area contributed by atoms with Gasteiger partial charge in [0.1, 0.15) is 0 Å². The molecule has 11 aromatic rings. The maximum absolute atomic E-state index is 16.4. The van der Waals surface area contributed by atoms with E-state index in [4.69, 9.17) is 0 Å². The Morgan fingerprint density at radius 2 is 0.462 bits per heavy atom. The van der Waals surface area contributed by atoms with E-state index < -0.39 is 0 Å². The van der Waals surface area contributed by atoms with Gasteiger partial charge in [0, 0.05) is 126 Å². The smallest absolute Gasteiger partial charge is 0.261 e. The molecule has 0 aliphatic carbocycles. The second-order valence-electron chi connectivity index (χ2n) is 38.3. The van der Waals surface area contributed by atoms with Crippen LogP contribution in [0.15, 0.2) is 131 Å². The van der Waals surface area contributed by atoms with Crippen molar-refractivity contribution in [2.24, 2.45) is 35.5 Å². The zero-order chi connectivity index (χ0) is 92.6. The molecule has 10 aromatic heterocycles. The molecule has 6 unspecified atom stereocenters. The van der Waals surface area contributed by atoms with Crippen LogP contribution in [0, 0.1) is 35.5 Å². The molecule has 0 saturated carbocycles. The van der Waals surface area contributed by atoms with Gasteiger partial charge in [0.05, 0.1) is 64.6 Å². The van der Waals surface area contributed by atoms with Crippen molar-refractivity contribution < 1.29 is 19.2 Å². The van der Waals surface area contributed by atoms with Crippen molar-refractivity contribution in [3.8, 4) is 59.9 Å². The van der Waals surface area contributed by atoms with Crippen molar-refractivity contribution in [1.29, 1.82) is 0 Å². The topological polar surface area (TPSA) is 81.2 Å². The molecule has 4 amide bonds. The maximum atomic E-state index is 16.4. The van der Waals surface area contributed by atoms with Crippen LogP contribution in [0.25, 0.3) is 103 Å². The first-order chi connectivity index (χ1) is 64.5. The van der Waals surface area contributed by atoms with Crippen LogP contribution < -0.4 is 0 Å². The Kier molecular flexibility index (Phi) is 36.2. The van der Waals surface area contributed by atoms with Gasteiger partial charge in [-0.3, -0.25) is 19.2 Å². The van der Waals surface area contributed by atoms with E-state index in [0.29, 0.717) is 60.3 Å². The zero-order valence-electron chi connectivity index (χ0n) is 81.6. The summed E-state index contributed by atoms with van der Waals surface area (Å²) in [7, 11) is 0. The van der Waals surface area contributed by atoms with Crippen molar-refractivity contribution >= 4 is 180 Å². The highest BCUT2D eigenvalue weighted by Gasteiger charge is 2.52. The van der Waals surface area contributed by atoms with Gasteiger partial charge < -0.3 is 19.6 Å². The number of thiophene rings is 10. The monoisotopic (exact) mass is 1950 g/mol. The largest absolute Gasteiger partial charge is 0.306 e. The Morgan fingerprint density at radius 1 is 0.227 bits per heavy atom. The van der Waals surface area contributed by atoms with Crippen LogP contribution in [0.3, 0.4) is 0 Å². The Balaban J connectivity index is 0.903. The van der Waals surface area contributed by atoms with Gasteiger partial charge >= 0.3 is 0 Å². The summed E-state index contributed by atoms with van der Waals surface area (Å²) in [6, 6.07) is 42.1. The first kappa shape index (κ1) is 100. The summed E-state index contributed by atoms with van der Waals surface area (Å²) >= 11 is 18.6. The Hall–Kier alpha value is -6.42. The molecule has 8 nitrogen and oxygen atoms in total. The van der Waals surface area contributed by atoms with Crippen molar-refractivity contribution in [3.05, 3.63) is 171 Å². The average Bonchev–Trinajstić information content (AvgIpc) is 1.56. The van der Waals surface area contributed by atoms with Gasteiger partial charge in [-0.25, -0.2) is 0 Å². The van der Waals surface area contributed by atoms with Crippen molar-refractivity contribution in [2.75, 3.05) is 26.2 Å². The Bertz CT molecular complexity index is 5460. The van der Waals surface area contributed by atoms with Crippen molar-refractivity contribution in [1.82, 2.24) is 19.6 Å². The number of amides is 4. The summed E-state index contributed by atoms with van der Waals surface area (Å²) in [6.45, 7) is 34.4. The fraction of sp³-hybridized carbons (Fsp3) is 0.526. The van der Waals surface area contributed by atoms with E-state index in [0.717, 1.165) is 193 Å². The highest BCUT2D eigenvalue weighted by atomic mass is 32.1. The maximum Gasteiger partial charge on any atom is 0.261 e. The van der Waals surface area contributed by atoms with Gasteiger partial charge in [0.15, 0.2) is 0 Å². The third-order valence-corrected chi connectivity index (χ3v) is 40.8. The van der Waals surface area contributed by atoms with E-state index in [2.05, 4.69) is 226 Å². The number of hydrogen-bond acceptors (Lipinski definition) is 14. The zero-order valence-corrected chi connectivity index (χ0v) is 89.8. The molecule has 0 N–H and O–H groups in total. The number of rotatable bonds is 56. The standard InChI is InChI=1S/C114H146N4O4S10/c1-15-29-37-39-47-79-49-53-85(123-79)87-57-61-93(127-87)105-101-103(113(121)115(105)69-75(25-11)43-33-19-5)107(117(111(101)119)71-77(27-13)45-35-21-7)95-63-59-89(129-95)97-67-83-99(91-55-51-81(125-91)65-73(23-9)41-31-17-3)110-84(100(109(83)131-97)92-56-52-82(126-92)66-74(24-10)42-32-18-4)68-98(132-110)90-60-64-96(130-90)108-104-102(112(120)118(108)72-78(28-14)46-36-22-8)106(116(114(104)122)70-76(26-12)44-34-20-6)94-62-58-88(128-94)86-54-50-80(124-86)48-40-38-30-16-2/h49-64,67-68,73-78H,15-48,65-66,69-72H2,1-14H3. The highest BCUT2D eigenvalue weighted by molar-refractivity contribution is 7.30. The van der Waals surface area contributed by atoms with Gasteiger partial charge in [0.2, 0.25) is 0 Å². The SMILES string of the molecule is CCCCCCc1ccc(-c2ccc(C3=C4C(=O)N(CC(CC)CCCC)C(c5ccc(-c6cc7c(-c8ccc(CC(CC)CCCC)s8)c8sc(-c9ccc(C%10=C%11C(=O)N(CC(CC)CCCC)C(c%12ccc(-c%13ccc(CCCCCC)s%13)s%12)=C%11C(=O)N%10CC(CC)CCCC)s9)cc8c(-c8ccc(CC(CC)CCCC)s8)c7s6)s5)=C4C(=O)N3CC(CC)CCCC)s2)s1. The van der Waals surface area contributed by atoms with Crippen LogP contribution in [0.4, 0.5) is 0 Å². The number of carbonyl (C=O) groups is 4. The number of fused-ring (bicyclic) bond motifs is 4. The summed E-state index contributed by atoms with van der Waals surface area (Å²) < 4.78 is 2.55. The second-order valence-corrected chi connectivity index (χ2v) is 49.4. The molecule has 132 heavy (non-hydrogen) atoms. The van der Waals surface area contributed by atoms with Gasteiger partial charge in [-0.1, -0.05) is 264 Å². The summed E-state index contributed by atoms with van der Waals surface area (Å²) in [6.07, 6.45) is 40.4. The van der Waals surface area contributed by atoms with Gasteiger partial charge in [0.25, 0.3) is 23.6 Å². The molecule has 14 heterocycles. The molecule has 0 fully saturated rings.